The van der Waals surface area contributed by atoms with E-state index >= 15 is 0 Å². The van der Waals surface area contributed by atoms with Crippen LogP contribution < -0.4 is 5.32 Å². The van der Waals surface area contributed by atoms with E-state index in [9.17, 15) is 0 Å². The van der Waals surface area contributed by atoms with Gasteiger partial charge in [0.1, 0.15) is 0 Å². The summed E-state index contributed by atoms with van der Waals surface area (Å²) in [5, 5.41) is 3.84. The molecular weight excluding hydrogens is 370 g/mol. The molecule has 1 saturated carbocycles. The molecule has 0 bridgehead atoms. The molecule has 3 heteroatoms. The molecule has 2 nitrogen and oxygen atoms in total. The number of benzene rings is 1. The second-order valence-corrected chi connectivity index (χ2v) is 14.9. The fraction of sp³-hybridized carbons (Fsp3) is 0.615. The van der Waals surface area contributed by atoms with Crippen molar-refractivity contribution in [2.45, 2.75) is 96.4 Å². The Hall–Kier alpha value is -1.32. The third kappa shape index (κ3) is 7.79. The minimum absolute atomic E-state index is 0.0516. The highest BCUT2D eigenvalue weighted by atomic mass is 28.4. The van der Waals surface area contributed by atoms with Crippen LogP contribution in [-0.4, -0.2) is 14.4 Å². The van der Waals surface area contributed by atoms with Gasteiger partial charge in [-0.1, -0.05) is 89.3 Å². The SMILES string of the molecule is C=C[C@H](NCc1ccccc1)/C(=C/CCC1CCCCC1)O[Si](C)(C)C(C)(C)C. The summed E-state index contributed by atoms with van der Waals surface area (Å²) in [6.45, 7) is 16.5. The molecule has 29 heavy (non-hydrogen) atoms. The minimum atomic E-state index is -1.90. The standard InChI is InChI=1S/C26H43NOSi/c1-7-24(27-21-23-17-12-9-13-18-23)25(28-29(5,6)26(2,3)4)20-14-19-22-15-10-8-11-16-22/h7,9,12-13,17-18,20,22,24,27H,1,8,10-11,14-16,19,21H2,2-6H3/b25-20-/t24-/m0/s1. The van der Waals surface area contributed by atoms with Crippen LogP contribution in [0.15, 0.2) is 54.8 Å². The lowest BCUT2D eigenvalue weighted by Crippen LogP contribution is -2.43. The molecule has 1 atom stereocenters. The van der Waals surface area contributed by atoms with Crippen molar-refractivity contribution in [2.24, 2.45) is 5.92 Å². The molecule has 0 aliphatic heterocycles. The third-order valence-electron chi connectivity index (χ3n) is 6.74. The van der Waals surface area contributed by atoms with Crippen LogP contribution in [-0.2, 0) is 11.0 Å². The summed E-state index contributed by atoms with van der Waals surface area (Å²) in [5.74, 6) is 1.98. The molecule has 0 aromatic heterocycles. The van der Waals surface area contributed by atoms with Crippen molar-refractivity contribution in [3.05, 3.63) is 60.4 Å². The molecule has 1 aromatic carbocycles. The normalized spacial score (nSPS) is 17.8. The van der Waals surface area contributed by atoms with Crippen molar-refractivity contribution < 1.29 is 4.43 Å². The summed E-state index contributed by atoms with van der Waals surface area (Å²) in [7, 11) is -1.90. The molecule has 1 aromatic rings. The molecule has 1 aliphatic carbocycles. The lowest BCUT2D eigenvalue weighted by molar-refractivity contribution is 0.329. The van der Waals surface area contributed by atoms with Crippen LogP contribution >= 0.6 is 0 Å². The summed E-state index contributed by atoms with van der Waals surface area (Å²) >= 11 is 0. The molecule has 162 valence electrons. The van der Waals surface area contributed by atoms with Gasteiger partial charge in [0.05, 0.1) is 11.8 Å². The van der Waals surface area contributed by atoms with Gasteiger partial charge in [0.2, 0.25) is 8.32 Å². The first-order valence-corrected chi connectivity index (χ1v) is 14.4. The van der Waals surface area contributed by atoms with Gasteiger partial charge in [0, 0.05) is 6.54 Å². The Kier molecular flexibility index (Phi) is 9.23. The van der Waals surface area contributed by atoms with Gasteiger partial charge in [0.15, 0.2) is 0 Å². The Morgan fingerprint density at radius 3 is 2.41 bits per heavy atom. The summed E-state index contributed by atoms with van der Waals surface area (Å²) in [4.78, 5) is 0. The zero-order valence-electron chi connectivity index (χ0n) is 19.5. The fourth-order valence-electron chi connectivity index (χ4n) is 3.74. The topological polar surface area (TPSA) is 21.3 Å². The quantitative estimate of drug-likeness (QED) is 0.242. The van der Waals surface area contributed by atoms with Crippen LogP contribution in [0, 0.1) is 5.92 Å². The smallest absolute Gasteiger partial charge is 0.250 e. The average Bonchev–Trinajstić information content (AvgIpc) is 2.69. The Labute approximate surface area is 181 Å². The lowest BCUT2D eigenvalue weighted by atomic mass is 9.86. The number of nitrogens with one attached hydrogen (secondary N) is 1. The maximum Gasteiger partial charge on any atom is 0.250 e. The van der Waals surface area contributed by atoms with Crippen LogP contribution in [0.3, 0.4) is 0 Å². The van der Waals surface area contributed by atoms with Gasteiger partial charge in [-0.15, -0.1) is 6.58 Å². The highest BCUT2D eigenvalue weighted by Gasteiger charge is 2.40. The van der Waals surface area contributed by atoms with Crippen molar-refractivity contribution in [1.29, 1.82) is 0 Å². The maximum atomic E-state index is 6.80. The molecule has 0 spiro atoms. The van der Waals surface area contributed by atoms with E-state index in [2.05, 4.69) is 82.2 Å². The van der Waals surface area contributed by atoms with Crippen LogP contribution in [0.4, 0.5) is 0 Å². The largest absolute Gasteiger partial charge is 0.545 e. The zero-order chi connectivity index (χ0) is 21.3. The first-order chi connectivity index (χ1) is 13.7. The summed E-state index contributed by atoms with van der Waals surface area (Å²) in [6, 6.07) is 10.6. The van der Waals surface area contributed by atoms with Crippen LogP contribution in [0.5, 0.6) is 0 Å². The van der Waals surface area contributed by atoms with Gasteiger partial charge in [0.25, 0.3) is 0 Å². The van der Waals surface area contributed by atoms with Crippen LogP contribution in [0.25, 0.3) is 0 Å². The van der Waals surface area contributed by atoms with E-state index in [0.717, 1.165) is 24.6 Å². The second-order valence-electron chi connectivity index (χ2n) is 10.1. The van der Waals surface area contributed by atoms with Crippen molar-refractivity contribution >= 4 is 8.32 Å². The third-order valence-corrected chi connectivity index (χ3v) is 11.1. The molecule has 1 N–H and O–H groups in total. The van der Waals surface area contributed by atoms with E-state index in [1.54, 1.807) is 0 Å². The Balaban J connectivity index is 2.09. The molecule has 1 aliphatic rings. The molecule has 0 radical (unpaired) electrons. The molecule has 1 fully saturated rings. The van der Waals surface area contributed by atoms with E-state index in [0.29, 0.717) is 0 Å². The summed E-state index contributed by atoms with van der Waals surface area (Å²) < 4.78 is 6.80. The monoisotopic (exact) mass is 413 g/mol. The molecule has 0 saturated heterocycles. The first-order valence-electron chi connectivity index (χ1n) is 11.5. The van der Waals surface area contributed by atoms with E-state index in [4.69, 9.17) is 4.43 Å². The summed E-state index contributed by atoms with van der Waals surface area (Å²) in [6.07, 6.45) is 13.8. The number of allylic oxidation sites excluding steroid dienone is 1. The summed E-state index contributed by atoms with van der Waals surface area (Å²) in [5.41, 5.74) is 1.29. The highest BCUT2D eigenvalue weighted by Crippen LogP contribution is 2.38. The minimum Gasteiger partial charge on any atom is -0.545 e. The van der Waals surface area contributed by atoms with Gasteiger partial charge in [-0.3, -0.25) is 0 Å². The van der Waals surface area contributed by atoms with E-state index in [-0.39, 0.29) is 11.1 Å². The fourth-order valence-corrected chi connectivity index (χ4v) is 4.85. The van der Waals surface area contributed by atoms with Crippen LogP contribution in [0.1, 0.15) is 71.3 Å². The van der Waals surface area contributed by atoms with E-state index in [1.807, 2.05) is 6.08 Å². The molecule has 0 amide bonds. The molecule has 2 rings (SSSR count). The van der Waals surface area contributed by atoms with Gasteiger partial charge in [-0.25, -0.2) is 0 Å². The predicted octanol–water partition coefficient (Wildman–Crippen LogP) is 7.60. The van der Waals surface area contributed by atoms with Crippen LogP contribution in [0.2, 0.25) is 18.1 Å². The Morgan fingerprint density at radius 1 is 1.17 bits per heavy atom. The van der Waals surface area contributed by atoms with Crippen molar-refractivity contribution in [1.82, 2.24) is 5.32 Å². The Morgan fingerprint density at radius 2 is 1.83 bits per heavy atom. The zero-order valence-corrected chi connectivity index (χ0v) is 20.5. The van der Waals surface area contributed by atoms with E-state index < -0.39 is 8.32 Å². The van der Waals surface area contributed by atoms with Gasteiger partial charge in [-0.05, 0) is 48.5 Å². The van der Waals surface area contributed by atoms with Gasteiger partial charge >= 0.3 is 0 Å². The van der Waals surface area contributed by atoms with E-state index in [1.165, 1.54) is 44.1 Å². The number of hydrogen-bond donors (Lipinski definition) is 1. The average molecular weight is 414 g/mol. The lowest BCUT2D eigenvalue weighted by Gasteiger charge is -2.39. The van der Waals surface area contributed by atoms with Crippen molar-refractivity contribution in [3.63, 3.8) is 0 Å². The predicted molar refractivity (Wildman–Crippen MR) is 129 cm³/mol. The molecular formula is C26H43NOSi. The van der Waals surface area contributed by atoms with Crippen molar-refractivity contribution in [3.8, 4) is 0 Å². The Bertz CT molecular complexity index is 638. The first kappa shape index (κ1) is 24.0. The van der Waals surface area contributed by atoms with Gasteiger partial charge < -0.3 is 9.74 Å². The maximum absolute atomic E-state index is 6.80. The number of hydrogen-bond acceptors (Lipinski definition) is 2. The molecule has 0 unspecified atom stereocenters. The molecule has 0 heterocycles. The van der Waals surface area contributed by atoms with Gasteiger partial charge in [-0.2, -0.15) is 0 Å². The number of rotatable bonds is 10. The highest BCUT2D eigenvalue weighted by molar-refractivity contribution is 6.74. The van der Waals surface area contributed by atoms with Crippen molar-refractivity contribution in [2.75, 3.05) is 0 Å². The second kappa shape index (κ2) is 11.2.